The summed E-state index contributed by atoms with van der Waals surface area (Å²) in [5.74, 6) is 1.90. The van der Waals surface area contributed by atoms with E-state index in [2.05, 4.69) is 39.8 Å². The number of benzene rings is 2. The lowest BCUT2D eigenvalue weighted by Crippen LogP contribution is -2.21. The van der Waals surface area contributed by atoms with Gasteiger partial charge in [-0.3, -0.25) is 9.98 Å². The summed E-state index contributed by atoms with van der Waals surface area (Å²) in [7, 11) is 0. The van der Waals surface area contributed by atoms with Gasteiger partial charge in [0.25, 0.3) is 0 Å². The fourth-order valence-electron chi connectivity index (χ4n) is 4.42. The first-order valence-corrected chi connectivity index (χ1v) is 13.0. The molecule has 4 heteroatoms. The molecular formula is C30H42N2O2. The third kappa shape index (κ3) is 8.30. The normalized spacial score (nSPS) is 19.1. The van der Waals surface area contributed by atoms with Crippen LogP contribution in [0.1, 0.15) is 88.5 Å². The maximum Gasteiger partial charge on any atom is 0.124 e. The zero-order valence-electron chi connectivity index (χ0n) is 21.4. The minimum Gasteiger partial charge on any atom is -0.507 e. The van der Waals surface area contributed by atoms with E-state index in [0.29, 0.717) is 11.8 Å². The van der Waals surface area contributed by atoms with Gasteiger partial charge < -0.3 is 10.2 Å². The molecule has 2 unspecified atom stereocenters. The predicted octanol–water partition coefficient (Wildman–Crippen LogP) is 7.12. The van der Waals surface area contributed by atoms with Crippen molar-refractivity contribution in [1.29, 1.82) is 0 Å². The van der Waals surface area contributed by atoms with Gasteiger partial charge in [-0.2, -0.15) is 0 Å². The third-order valence-electron chi connectivity index (χ3n) is 6.67. The van der Waals surface area contributed by atoms with Crippen LogP contribution in [0.2, 0.25) is 0 Å². The predicted molar refractivity (Wildman–Crippen MR) is 144 cm³/mol. The first-order chi connectivity index (χ1) is 16.3. The molecule has 2 aromatic rings. The summed E-state index contributed by atoms with van der Waals surface area (Å²) in [6, 6.07) is 12.1. The number of aliphatic imine (C=N–C) groups is 2. The van der Waals surface area contributed by atoms with E-state index in [9.17, 15) is 10.2 Å². The molecule has 2 aromatic carbocycles. The molecule has 34 heavy (non-hydrogen) atoms. The van der Waals surface area contributed by atoms with Gasteiger partial charge in [-0.1, -0.05) is 39.8 Å². The lowest BCUT2D eigenvalue weighted by atomic mass is 9.91. The van der Waals surface area contributed by atoms with Crippen LogP contribution < -0.4 is 0 Å². The van der Waals surface area contributed by atoms with Crippen LogP contribution in [-0.4, -0.2) is 34.7 Å². The summed E-state index contributed by atoms with van der Waals surface area (Å²) < 4.78 is 0. The smallest absolute Gasteiger partial charge is 0.124 e. The van der Waals surface area contributed by atoms with E-state index in [1.54, 1.807) is 12.1 Å². The lowest BCUT2D eigenvalue weighted by Gasteiger charge is -2.24. The minimum atomic E-state index is 0.209. The zero-order valence-corrected chi connectivity index (χ0v) is 21.4. The van der Waals surface area contributed by atoms with Crippen LogP contribution in [-0.2, 0) is 12.8 Å². The third-order valence-corrected chi connectivity index (χ3v) is 6.67. The maximum atomic E-state index is 10.3. The van der Waals surface area contributed by atoms with Gasteiger partial charge in [0.2, 0.25) is 0 Å². The summed E-state index contributed by atoms with van der Waals surface area (Å²) >= 11 is 0. The van der Waals surface area contributed by atoms with E-state index < -0.39 is 0 Å². The molecule has 1 aliphatic rings. The van der Waals surface area contributed by atoms with E-state index in [-0.39, 0.29) is 23.6 Å². The quantitative estimate of drug-likeness (QED) is 0.369. The highest BCUT2D eigenvalue weighted by atomic mass is 16.3. The van der Waals surface area contributed by atoms with Gasteiger partial charge in [0.15, 0.2) is 0 Å². The molecule has 2 N–H and O–H groups in total. The van der Waals surface area contributed by atoms with E-state index in [1.165, 1.54) is 11.1 Å². The van der Waals surface area contributed by atoms with Gasteiger partial charge in [0.1, 0.15) is 11.5 Å². The molecule has 0 aliphatic heterocycles. The molecule has 4 nitrogen and oxygen atoms in total. The van der Waals surface area contributed by atoms with E-state index >= 15 is 0 Å². The molecule has 2 atom stereocenters. The summed E-state index contributed by atoms with van der Waals surface area (Å²) in [4.78, 5) is 9.64. The molecule has 0 heterocycles. The lowest BCUT2D eigenvalue weighted by molar-refractivity contribution is 0.397. The standard InChI is InChI=1S/C30H42N2O2/c1-21(2)8-10-23-12-14-29(33)25(16-23)19-31-27-6-5-7-28(18-27)32-20-26-17-24(11-9-22(3)4)13-15-30(26)34/h12-17,19-22,27-28,33-34H,5-11,18H2,1-4H3. The Kier molecular flexibility index (Phi) is 9.74. The molecule has 1 fully saturated rings. The topological polar surface area (TPSA) is 65.2 Å². The Bertz CT molecular complexity index is 900. The molecule has 184 valence electrons. The van der Waals surface area contributed by atoms with Crippen molar-refractivity contribution in [3.63, 3.8) is 0 Å². The highest BCUT2D eigenvalue weighted by Gasteiger charge is 2.20. The minimum absolute atomic E-state index is 0.209. The Morgan fingerprint density at radius 1 is 0.765 bits per heavy atom. The van der Waals surface area contributed by atoms with E-state index in [0.717, 1.165) is 62.5 Å². The maximum absolute atomic E-state index is 10.3. The average molecular weight is 463 g/mol. The van der Waals surface area contributed by atoms with E-state index in [1.807, 2.05) is 24.6 Å². The molecule has 0 spiro atoms. The van der Waals surface area contributed by atoms with Gasteiger partial charge in [-0.15, -0.1) is 0 Å². The van der Waals surface area contributed by atoms with Crippen LogP contribution in [0.15, 0.2) is 46.4 Å². The van der Waals surface area contributed by atoms with Crippen molar-refractivity contribution in [2.75, 3.05) is 0 Å². The fourth-order valence-corrected chi connectivity index (χ4v) is 4.42. The Balaban J connectivity index is 1.61. The SMILES string of the molecule is CC(C)CCc1ccc(O)c(C=NC2CCCC(N=Cc3cc(CCC(C)C)ccc3O)C2)c1. The molecule has 1 saturated carbocycles. The molecule has 0 radical (unpaired) electrons. The Morgan fingerprint density at radius 2 is 1.21 bits per heavy atom. The number of hydrogen-bond acceptors (Lipinski definition) is 4. The van der Waals surface area contributed by atoms with Crippen LogP contribution in [0.4, 0.5) is 0 Å². The molecule has 0 aromatic heterocycles. The summed E-state index contributed by atoms with van der Waals surface area (Å²) in [6.45, 7) is 8.93. The van der Waals surface area contributed by atoms with Gasteiger partial charge in [0.05, 0.1) is 12.1 Å². The Hall–Kier alpha value is -2.62. The summed E-state index contributed by atoms with van der Waals surface area (Å²) in [5.41, 5.74) is 4.09. The van der Waals surface area contributed by atoms with E-state index in [4.69, 9.17) is 9.98 Å². The molecule has 0 saturated heterocycles. The first kappa shape index (κ1) is 26.0. The van der Waals surface area contributed by atoms with Gasteiger partial charge in [-0.25, -0.2) is 0 Å². The van der Waals surface area contributed by atoms with Crippen molar-refractivity contribution in [3.05, 3.63) is 58.7 Å². The second-order valence-electron chi connectivity index (χ2n) is 10.7. The number of aryl methyl sites for hydroxylation is 2. The van der Waals surface area contributed by atoms with Crippen LogP contribution in [0, 0.1) is 11.8 Å². The molecule has 1 aliphatic carbocycles. The van der Waals surface area contributed by atoms with Crippen molar-refractivity contribution in [2.24, 2.45) is 21.8 Å². The Labute approximate surface area is 205 Å². The average Bonchev–Trinajstić information content (AvgIpc) is 2.81. The number of aromatic hydroxyl groups is 2. The van der Waals surface area contributed by atoms with Crippen molar-refractivity contribution in [1.82, 2.24) is 0 Å². The number of rotatable bonds is 10. The van der Waals surface area contributed by atoms with Crippen molar-refractivity contribution in [2.45, 2.75) is 91.1 Å². The summed E-state index contributed by atoms with van der Waals surface area (Å²) in [6.07, 6.45) is 12.1. The largest absolute Gasteiger partial charge is 0.507 e. The fraction of sp³-hybridized carbons (Fsp3) is 0.533. The summed E-state index contributed by atoms with van der Waals surface area (Å²) in [5, 5.41) is 20.6. The van der Waals surface area contributed by atoms with Crippen LogP contribution in [0.25, 0.3) is 0 Å². The zero-order chi connectivity index (χ0) is 24.5. The van der Waals surface area contributed by atoms with Crippen LogP contribution in [0.5, 0.6) is 11.5 Å². The van der Waals surface area contributed by atoms with Gasteiger partial charge in [-0.05, 0) is 98.6 Å². The Morgan fingerprint density at radius 3 is 1.62 bits per heavy atom. The van der Waals surface area contributed by atoms with Crippen molar-refractivity contribution in [3.8, 4) is 11.5 Å². The second-order valence-corrected chi connectivity index (χ2v) is 10.7. The number of hydrogen-bond donors (Lipinski definition) is 2. The molecule has 0 amide bonds. The van der Waals surface area contributed by atoms with Crippen molar-refractivity contribution < 1.29 is 10.2 Å². The highest BCUT2D eigenvalue weighted by Crippen LogP contribution is 2.26. The van der Waals surface area contributed by atoms with Gasteiger partial charge in [0, 0.05) is 23.6 Å². The molecule has 0 bridgehead atoms. The highest BCUT2D eigenvalue weighted by molar-refractivity contribution is 5.84. The van der Waals surface area contributed by atoms with Gasteiger partial charge >= 0.3 is 0 Å². The number of phenolic OH excluding ortho intramolecular Hbond substituents is 2. The number of nitrogens with zero attached hydrogens (tertiary/aromatic N) is 2. The van der Waals surface area contributed by atoms with Crippen LogP contribution in [0.3, 0.4) is 0 Å². The molecular weight excluding hydrogens is 420 g/mol. The molecule has 3 rings (SSSR count). The van der Waals surface area contributed by atoms with Crippen LogP contribution >= 0.6 is 0 Å². The second kappa shape index (κ2) is 12.7. The van der Waals surface area contributed by atoms with Crippen molar-refractivity contribution >= 4 is 12.4 Å². The number of phenols is 2. The first-order valence-electron chi connectivity index (χ1n) is 13.0. The monoisotopic (exact) mass is 462 g/mol.